The van der Waals surface area contributed by atoms with Crippen LogP contribution in [0.5, 0.6) is 0 Å². The largest absolute Gasteiger partial charge is 0.465 e. The monoisotopic (exact) mass is 439 g/mol. The average Bonchev–Trinajstić information content (AvgIpc) is 3.40. The van der Waals surface area contributed by atoms with E-state index in [-0.39, 0.29) is 23.7 Å². The second kappa shape index (κ2) is 11.0. The maximum absolute atomic E-state index is 12.5. The van der Waals surface area contributed by atoms with Gasteiger partial charge >= 0.3 is 5.97 Å². The molecule has 0 saturated carbocycles. The molecule has 1 amide bonds. The Labute approximate surface area is 187 Å². The molecule has 1 fully saturated rings. The first-order valence-corrected chi connectivity index (χ1v) is 11.6. The number of esters is 1. The van der Waals surface area contributed by atoms with Crippen molar-refractivity contribution >= 4 is 34.7 Å². The van der Waals surface area contributed by atoms with Gasteiger partial charge in [0.05, 0.1) is 13.2 Å². The van der Waals surface area contributed by atoms with Crippen LogP contribution in [-0.4, -0.2) is 30.8 Å². The smallest absolute Gasteiger partial charge is 0.348 e. The van der Waals surface area contributed by atoms with Gasteiger partial charge in [-0.05, 0) is 55.7 Å². The zero-order chi connectivity index (χ0) is 22.2. The number of unbranched alkanes of at least 4 members (excludes halogenated alkanes) is 2. The zero-order valence-electron chi connectivity index (χ0n) is 18.1. The Morgan fingerprint density at radius 2 is 1.94 bits per heavy atom. The molecule has 2 heterocycles. The van der Waals surface area contributed by atoms with Crippen LogP contribution in [0.25, 0.3) is 0 Å². The minimum atomic E-state index is -0.319. The number of nitrogens with zero attached hydrogens (tertiary/aromatic N) is 1. The molecular formula is C25H29NO4S. The number of ether oxygens (including phenoxy) is 1. The van der Waals surface area contributed by atoms with Crippen molar-refractivity contribution in [2.24, 2.45) is 0 Å². The number of allylic oxidation sites excluding steroid dienone is 1. The minimum absolute atomic E-state index is 0.00125. The molecule has 1 aliphatic heterocycles. The molecule has 6 heteroatoms. The Morgan fingerprint density at radius 3 is 2.65 bits per heavy atom. The lowest BCUT2D eigenvalue weighted by atomic mass is 10.0. The summed E-state index contributed by atoms with van der Waals surface area (Å²) in [4.78, 5) is 39.9. The number of hydrogen-bond donors (Lipinski definition) is 0. The number of methoxy groups -OCH3 is 1. The fourth-order valence-electron chi connectivity index (χ4n) is 3.75. The summed E-state index contributed by atoms with van der Waals surface area (Å²) in [6.07, 6.45) is 9.74. The molecule has 31 heavy (non-hydrogen) atoms. The van der Waals surface area contributed by atoms with E-state index in [1.54, 1.807) is 6.07 Å². The van der Waals surface area contributed by atoms with Crippen molar-refractivity contribution in [3.63, 3.8) is 0 Å². The number of Topliss-reactive ketones (excluding diaryl/α,β-unsaturated/α-hetero) is 1. The van der Waals surface area contributed by atoms with E-state index in [9.17, 15) is 14.4 Å². The molecule has 1 atom stereocenters. The fraction of sp³-hybridized carbons (Fsp3) is 0.400. The van der Waals surface area contributed by atoms with Gasteiger partial charge in [0.25, 0.3) is 0 Å². The number of rotatable bonds is 10. The molecule has 1 aromatic carbocycles. The van der Waals surface area contributed by atoms with E-state index in [2.05, 4.69) is 19.1 Å². The third-order valence-corrected chi connectivity index (χ3v) is 6.54. The number of amides is 1. The topological polar surface area (TPSA) is 63.7 Å². The number of anilines is 1. The first-order chi connectivity index (χ1) is 15.0. The summed E-state index contributed by atoms with van der Waals surface area (Å²) in [5.41, 5.74) is 1.53. The Balaban J connectivity index is 1.63. The van der Waals surface area contributed by atoms with Crippen LogP contribution in [0.4, 0.5) is 5.69 Å². The van der Waals surface area contributed by atoms with Crippen molar-refractivity contribution in [1.82, 2.24) is 0 Å². The molecule has 2 aromatic rings. The second-order valence-corrected chi connectivity index (χ2v) is 8.86. The minimum Gasteiger partial charge on any atom is -0.465 e. The highest BCUT2D eigenvalue weighted by molar-refractivity contribution is 7.13. The van der Waals surface area contributed by atoms with E-state index in [1.807, 2.05) is 35.2 Å². The van der Waals surface area contributed by atoms with E-state index in [1.165, 1.54) is 18.4 Å². The van der Waals surface area contributed by atoms with Crippen molar-refractivity contribution in [3.05, 3.63) is 63.9 Å². The lowest BCUT2D eigenvalue weighted by Gasteiger charge is -2.22. The van der Waals surface area contributed by atoms with Crippen molar-refractivity contribution < 1.29 is 19.1 Å². The number of carbonyl (C=O) groups excluding carboxylic acids is 3. The molecule has 0 N–H and O–H groups in total. The third kappa shape index (κ3) is 5.91. The van der Waals surface area contributed by atoms with Crippen molar-refractivity contribution in [1.29, 1.82) is 0 Å². The molecule has 0 spiro atoms. The molecule has 164 valence electrons. The lowest BCUT2D eigenvalue weighted by Crippen LogP contribution is -2.31. The van der Waals surface area contributed by atoms with Gasteiger partial charge in [-0.15, -0.1) is 11.3 Å². The van der Waals surface area contributed by atoms with Gasteiger partial charge < -0.3 is 9.64 Å². The van der Waals surface area contributed by atoms with Crippen LogP contribution in [-0.2, 0) is 16.0 Å². The molecule has 0 unspecified atom stereocenters. The van der Waals surface area contributed by atoms with Crippen molar-refractivity contribution in [3.8, 4) is 0 Å². The SMILES string of the molecule is CCCCCC(=O)c1ccc(N2C(=O)CC[C@@H]2/C=C/Cc2ccc(C(=O)OC)s2)cc1. The summed E-state index contributed by atoms with van der Waals surface area (Å²) < 4.78 is 4.75. The molecule has 0 radical (unpaired) electrons. The van der Waals surface area contributed by atoms with Gasteiger partial charge in [-0.2, -0.15) is 0 Å². The Bertz CT molecular complexity index is 945. The summed E-state index contributed by atoms with van der Waals surface area (Å²) >= 11 is 1.42. The van der Waals surface area contributed by atoms with Crippen LogP contribution >= 0.6 is 11.3 Å². The fourth-order valence-corrected chi connectivity index (χ4v) is 4.65. The maximum Gasteiger partial charge on any atom is 0.348 e. The highest BCUT2D eigenvalue weighted by Crippen LogP contribution is 2.28. The highest BCUT2D eigenvalue weighted by Gasteiger charge is 2.30. The summed E-state index contributed by atoms with van der Waals surface area (Å²) in [6, 6.07) is 11.1. The molecule has 0 bridgehead atoms. The first-order valence-electron chi connectivity index (χ1n) is 10.8. The first kappa shape index (κ1) is 22.9. The van der Waals surface area contributed by atoms with Gasteiger partial charge in [0.1, 0.15) is 4.88 Å². The Kier molecular flexibility index (Phi) is 8.18. The summed E-state index contributed by atoms with van der Waals surface area (Å²) in [7, 11) is 1.38. The van der Waals surface area contributed by atoms with Gasteiger partial charge in [0.15, 0.2) is 5.78 Å². The van der Waals surface area contributed by atoms with E-state index in [0.717, 1.165) is 36.2 Å². The molecular weight excluding hydrogens is 410 g/mol. The van der Waals surface area contributed by atoms with Crippen LogP contribution in [0.2, 0.25) is 0 Å². The summed E-state index contributed by atoms with van der Waals surface area (Å²) in [6.45, 7) is 2.12. The number of ketones is 1. The molecule has 5 nitrogen and oxygen atoms in total. The van der Waals surface area contributed by atoms with Gasteiger partial charge in [0.2, 0.25) is 5.91 Å². The second-order valence-electron chi connectivity index (χ2n) is 7.69. The van der Waals surface area contributed by atoms with Crippen molar-refractivity contribution in [2.75, 3.05) is 12.0 Å². The van der Waals surface area contributed by atoms with Gasteiger partial charge in [-0.25, -0.2) is 4.79 Å². The molecule has 1 aliphatic rings. The predicted molar refractivity (Wildman–Crippen MR) is 124 cm³/mol. The third-order valence-electron chi connectivity index (χ3n) is 5.45. The van der Waals surface area contributed by atoms with Gasteiger partial charge in [-0.3, -0.25) is 9.59 Å². The Morgan fingerprint density at radius 1 is 1.16 bits per heavy atom. The summed E-state index contributed by atoms with van der Waals surface area (Å²) in [5.74, 6) is -0.0627. The van der Waals surface area contributed by atoms with Crippen molar-refractivity contribution in [2.45, 2.75) is 57.9 Å². The molecule has 1 saturated heterocycles. The number of benzene rings is 1. The maximum atomic E-state index is 12.5. The van der Waals surface area contributed by atoms with Gasteiger partial charge in [0, 0.05) is 29.0 Å². The summed E-state index contributed by atoms with van der Waals surface area (Å²) in [5, 5.41) is 0. The quantitative estimate of drug-likeness (QED) is 0.209. The zero-order valence-corrected chi connectivity index (χ0v) is 19.0. The normalized spacial score (nSPS) is 16.3. The molecule has 0 aliphatic carbocycles. The number of carbonyl (C=O) groups is 3. The highest BCUT2D eigenvalue weighted by atomic mass is 32.1. The van der Waals surface area contributed by atoms with Crippen LogP contribution in [0.1, 0.15) is 70.4 Å². The standard InChI is InChI=1S/C25H29NO4S/c1-3-4-5-9-22(27)18-10-12-20(13-11-18)26-19(14-17-24(26)28)7-6-8-21-15-16-23(31-21)25(29)30-2/h6-7,10-13,15-16,19H,3-5,8-9,14,17H2,1-2H3/b7-6+/t19-/m0/s1. The predicted octanol–water partition coefficient (Wildman–Crippen LogP) is 5.59. The van der Waals surface area contributed by atoms with Crippen LogP contribution in [0, 0.1) is 0 Å². The van der Waals surface area contributed by atoms with E-state index >= 15 is 0 Å². The van der Waals surface area contributed by atoms with Crippen LogP contribution in [0.15, 0.2) is 48.6 Å². The number of thiophene rings is 1. The van der Waals surface area contributed by atoms with Gasteiger partial charge in [-0.1, -0.05) is 31.9 Å². The molecule has 3 rings (SSSR count). The van der Waals surface area contributed by atoms with E-state index in [0.29, 0.717) is 29.7 Å². The van der Waals surface area contributed by atoms with E-state index < -0.39 is 0 Å². The molecule has 1 aromatic heterocycles. The average molecular weight is 440 g/mol. The Hall–Kier alpha value is -2.73. The number of hydrogen-bond acceptors (Lipinski definition) is 5. The van der Waals surface area contributed by atoms with Crippen LogP contribution < -0.4 is 4.90 Å². The lowest BCUT2D eigenvalue weighted by molar-refractivity contribution is -0.117. The van der Waals surface area contributed by atoms with Crippen LogP contribution in [0.3, 0.4) is 0 Å². The van der Waals surface area contributed by atoms with E-state index in [4.69, 9.17) is 4.74 Å².